The summed E-state index contributed by atoms with van der Waals surface area (Å²) >= 11 is 0. The van der Waals surface area contributed by atoms with Crippen molar-refractivity contribution in [3.05, 3.63) is 92.9 Å². The van der Waals surface area contributed by atoms with E-state index in [1.165, 1.54) is 5.56 Å². The second-order valence-corrected chi connectivity index (χ2v) is 13.4. The van der Waals surface area contributed by atoms with Gasteiger partial charge in [0.2, 0.25) is 17.8 Å². The summed E-state index contributed by atoms with van der Waals surface area (Å²) in [6.07, 6.45) is 3.73. The molecule has 6 N–H and O–H groups in total. The molecule has 3 heterocycles. The van der Waals surface area contributed by atoms with Crippen molar-refractivity contribution < 1.29 is 24.3 Å². The average Bonchev–Trinajstić information content (AvgIpc) is 3.51. The normalized spacial score (nSPS) is 14.5. The van der Waals surface area contributed by atoms with Crippen LogP contribution in [0.15, 0.2) is 59.5 Å². The summed E-state index contributed by atoms with van der Waals surface area (Å²) in [5, 5.41) is 12.8. The number of carboxylic acid groups (broad SMARTS) is 1. The predicted molar refractivity (Wildman–Crippen MR) is 190 cm³/mol. The van der Waals surface area contributed by atoms with Crippen molar-refractivity contribution in [1.29, 1.82) is 0 Å². The van der Waals surface area contributed by atoms with Gasteiger partial charge in [-0.15, -0.1) is 0 Å². The fourth-order valence-electron chi connectivity index (χ4n) is 6.35. The van der Waals surface area contributed by atoms with Crippen LogP contribution in [-0.4, -0.2) is 85.8 Å². The first-order chi connectivity index (χ1) is 23.9. The Bertz CT molecular complexity index is 1890. The minimum Gasteiger partial charge on any atom is -0.480 e. The maximum Gasteiger partial charge on any atom is 0.326 e. The molecule has 5 rings (SSSR count). The van der Waals surface area contributed by atoms with Crippen molar-refractivity contribution in [1.82, 2.24) is 30.1 Å². The lowest BCUT2D eigenvalue weighted by Gasteiger charge is -2.36. The SMILES string of the molecule is CC(C)Cc1ccc([C@H](C)C(=O)N2CCN(C(=O)CC[C@H](NC(=O)c3ccc(CCc4c[nH]c5nc(N)[nH]c(=O)c45)cc3)C(=O)O)CC2)cc1. The van der Waals surface area contributed by atoms with Gasteiger partial charge in [0.05, 0.1) is 11.3 Å². The number of aliphatic carboxylic acids is 1. The number of hydrogen-bond acceptors (Lipinski definition) is 7. The summed E-state index contributed by atoms with van der Waals surface area (Å²) in [6.45, 7) is 7.79. The fraction of sp³-hybridized carbons (Fsp3) is 0.405. The second kappa shape index (κ2) is 15.8. The number of hydrogen-bond donors (Lipinski definition) is 5. The number of carbonyl (C=O) groups is 4. The number of benzene rings is 2. The fourth-order valence-corrected chi connectivity index (χ4v) is 6.35. The molecule has 1 fully saturated rings. The number of carboxylic acids is 1. The van der Waals surface area contributed by atoms with Crippen LogP contribution in [0.5, 0.6) is 0 Å². The highest BCUT2D eigenvalue weighted by atomic mass is 16.4. The minimum absolute atomic E-state index is 0.0184. The molecule has 0 saturated carbocycles. The van der Waals surface area contributed by atoms with Crippen LogP contribution in [0.4, 0.5) is 5.95 Å². The zero-order valence-electron chi connectivity index (χ0n) is 28.7. The maximum atomic E-state index is 13.2. The highest BCUT2D eigenvalue weighted by Crippen LogP contribution is 2.21. The first kappa shape index (κ1) is 35.8. The molecule has 13 heteroatoms. The number of aromatic amines is 2. The monoisotopic (exact) mass is 683 g/mol. The van der Waals surface area contributed by atoms with Crippen LogP contribution in [-0.2, 0) is 33.6 Å². The van der Waals surface area contributed by atoms with Gasteiger partial charge in [-0.1, -0.05) is 50.2 Å². The van der Waals surface area contributed by atoms with E-state index in [9.17, 15) is 29.1 Å². The Kier molecular flexibility index (Phi) is 11.3. The molecule has 2 atom stereocenters. The van der Waals surface area contributed by atoms with E-state index in [4.69, 9.17) is 5.73 Å². The van der Waals surface area contributed by atoms with Crippen molar-refractivity contribution in [2.75, 3.05) is 31.9 Å². The van der Waals surface area contributed by atoms with Gasteiger partial charge < -0.3 is 30.9 Å². The number of nitrogen functional groups attached to an aromatic ring is 1. The lowest BCUT2D eigenvalue weighted by atomic mass is 9.95. The van der Waals surface area contributed by atoms with E-state index in [1.807, 2.05) is 19.1 Å². The topological polar surface area (TPSA) is 195 Å². The Hall–Kier alpha value is -5.46. The molecule has 0 bridgehead atoms. The van der Waals surface area contributed by atoms with Crippen LogP contribution in [0.2, 0.25) is 0 Å². The summed E-state index contributed by atoms with van der Waals surface area (Å²) in [5.74, 6) is -1.68. The molecule has 4 aromatic rings. The third kappa shape index (κ3) is 8.76. The van der Waals surface area contributed by atoms with Gasteiger partial charge in [-0.25, -0.2) is 4.79 Å². The number of fused-ring (bicyclic) bond motifs is 1. The number of aryl methyl sites for hydroxylation is 2. The first-order valence-corrected chi connectivity index (χ1v) is 17.0. The van der Waals surface area contributed by atoms with E-state index in [0.29, 0.717) is 56.0 Å². The summed E-state index contributed by atoms with van der Waals surface area (Å²) in [5.41, 5.74) is 9.92. The van der Waals surface area contributed by atoms with E-state index < -0.39 is 17.9 Å². The van der Waals surface area contributed by atoms with Gasteiger partial charge in [-0.05, 0) is 72.9 Å². The van der Waals surface area contributed by atoms with Crippen LogP contribution < -0.4 is 16.6 Å². The van der Waals surface area contributed by atoms with Gasteiger partial charge in [-0.2, -0.15) is 4.98 Å². The summed E-state index contributed by atoms with van der Waals surface area (Å²) in [7, 11) is 0. The molecule has 1 saturated heterocycles. The smallest absolute Gasteiger partial charge is 0.326 e. The largest absolute Gasteiger partial charge is 0.480 e. The molecule has 3 amide bonds. The standard InChI is InChI=1S/C37H45N7O6/c1-22(2)20-25-7-9-26(10-8-25)23(3)35(48)44-18-16-43(17-19-44)30(45)15-14-29(36(49)50)40-33(46)27-11-4-24(5-12-27)6-13-28-21-39-32-31(28)34(47)42-37(38)41-32/h4-5,7-12,21-23,29H,6,13-20H2,1-3H3,(H,40,46)(H,49,50)(H4,38,39,41,42,47)/t23-,29-/m0/s1. The minimum atomic E-state index is -1.25. The van der Waals surface area contributed by atoms with E-state index in [1.54, 1.807) is 40.3 Å². The third-order valence-corrected chi connectivity index (χ3v) is 9.23. The molecule has 0 radical (unpaired) electrons. The van der Waals surface area contributed by atoms with E-state index in [-0.39, 0.29) is 47.6 Å². The molecular formula is C37H45N7O6. The molecule has 0 spiro atoms. The van der Waals surface area contributed by atoms with Crippen molar-refractivity contribution in [3.8, 4) is 0 Å². The first-order valence-electron chi connectivity index (χ1n) is 17.0. The Labute approximate surface area is 290 Å². The molecule has 264 valence electrons. The van der Waals surface area contributed by atoms with Gasteiger partial charge in [0.1, 0.15) is 11.7 Å². The molecule has 13 nitrogen and oxygen atoms in total. The lowest BCUT2D eigenvalue weighted by molar-refractivity contribution is -0.142. The van der Waals surface area contributed by atoms with Gasteiger partial charge in [-0.3, -0.25) is 24.2 Å². The molecule has 0 aliphatic carbocycles. The molecule has 2 aromatic carbocycles. The van der Waals surface area contributed by atoms with Crippen LogP contribution in [0.25, 0.3) is 11.0 Å². The van der Waals surface area contributed by atoms with E-state index in [0.717, 1.165) is 23.1 Å². The van der Waals surface area contributed by atoms with Gasteiger partial charge in [0.15, 0.2) is 0 Å². The molecule has 0 unspecified atom stereocenters. The average molecular weight is 684 g/mol. The number of nitrogens with two attached hydrogens (primary N) is 1. The van der Waals surface area contributed by atoms with Gasteiger partial charge in [0, 0.05) is 44.4 Å². The summed E-state index contributed by atoms with van der Waals surface area (Å²) in [4.78, 5) is 76.4. The molecule has 50 heavy (non-hydrogen) atoms. The van der Waals surface area contributed by atoms with Crippen molar-refractivity contribution in [2.45, 2.75) is 64.8 Å². The van der Waals surface area contributed by atoms with Crippen molar-refractivity contribution in [3.63, 3.8) is 0 Å². The number of nitrogens with zero attached hydrogens (tertiary/aromatic N) is 3. The Morgan fingerprint density at radius 1 is 0.920 bits per heavy atom. The summed E-state index contributed by atoms with van der Waals surface area (Å²) < 4.78 is 0. The Morgan fingerprint density at radius 2 is 1.56 bits per heavy atom. The molecule has 1 aliphatic heterocycles. The molecular weight excluding hydrogens is 638 g/mol. The zero-order chi connectivity index (χ0) is 35.9. The predicted octanol–water partition coefficient (Wildman–Crippen LogP) is 3.25. The Morgan fingerprint density at radius 3 is 2.20 bits per heavy atom. The van der Waals surface area contributed by atoms with E-state index in [2.05, 4.69) is 46.2 Å². The lowest BCUT2D eigenvalue weighted by Crippen LogP contribution is -2.51. The van der Waals surface area contributed by atoms with Crippen LogP contribution in [0.3, 0.4) is 0 Å². The van der Waals surface area contributed by atoms with E-state index >= 15 is 0 Å². The quantitative estimate of drug-likeness (QED) is 0.142. The van der Waals surface area contributed by atoms with Gasteiger partial charge in [0.25, 0.3) is 11.5 Å². The second-order valence-electron chi connectivity index (χ2n) is 13.4. The molecule has 2 aromatic heterocycles. The maximum absolute atomic E-state index is 13.2. The molecule has 1 aliphatic rings. The number of carbonyl (C=O) groups excluding carboxylic acids is 3. The Balaban J connectivity index is 1.07. The third-order valence-electron chi connectivity index (χ3n) is 9.23. The van der Waals surface area contributed by atoms with Crippen molar-refractivity contribution >= 4 is 40.7 Å². The zero-order valence-corrected chi connectivity index (χ0v) is 28.7. The number of anilines is 1. The van der Waals surface area contributed by atoms with Gasteiger partial charge >= 0.3 is 5.97 Å². The van der Waals surface area contributed by atoms with Crippen molar-refractivity contribution in [2.24, 2.45) is 5.92 Å². The number of aromatic nitrogens is 3. The number of nitrogens with one attached hydrogen (secondary N) is 3. The number of piperazine rings is 1. The number of rotatable bonds is 13. The van der Waals surface area contributed by atoms with Crippen LogP contribution in [0, 0.1) is 5.92 Å². The highest BCUT2D eigenvalue weighted by Gasteiger charge is 2.29. The number of H-pyrrole nitrogens is 2. The highest BCUT2D eigenvalue weighted by molar-refractivity contribution is 5.96. The number of amides is 3. The van der Waals surface area contributed by atoms with Crippen LogP contribution in [0.1, 0.15) is 72.1 Å². The van der Waals surface area contributed by atoms with Crippen LogP contribution >= 0.6 is 0 Å². The summed E-state index contributed by atoms with van der Waals surface area (Å²) in [6, 6.07) is 13.7.